The smallest absolute Gasteiger partial charge is 0.230 e. The van der Waals surface area contributed by atoms with Gasteiger partial charge < -0.3 is 10.3 Å². The number of hydrogen-bond donors (Lipinski definition) is 2. The predicted octanol–water partition coefficient (Wildman–Crippen LogP) is 3.97. The van der Waals surface area contributed by atoms with Crippen molar-refractivity contribution >= 4 is 28.7 Å². The predicted molar refractivity (Wildman–Crippen MR) is 99.3 cm³/mol. The average Bonchev–Trinajstić information content (AvgIpc) is 3.04. The number of carbonyl (C=O) groups excluding carboxylic acids is 1. The Balaban J connectivity index is 1.50. The lowest BCUT2D eigenvalue weighted by molar-refractivity contribution is -0.118. The van der Waals surface area contributed by atoms with Crippen molar-refractivity contribution in [3.63, 3.8) is 0 Å². The molecule has 3 aromatic rings. The number of rotatable bonds is 7. The van der Waals surface area contributed by atoms with E-state index in [4.69, 9.17) is 0 Å². The van der Waals surface area contributed by atoms with Gasteiger partial charge in [0.05, 0.1) is 16.8 Å². The SMILES string of the molecule is CCC(CNC(=O)CSc1nc2ccccc2[nH]1)c1ccccc1. The van der Waals surface area contributed by atoms with Gasteiger partial charge in [0, 0.05) is 12.5 Å². The highest BCUT2D eigenvalue weighted by Crippen LogP contribution is 2.20. The Morgan fingerprint density at radius 3 is 2.67 bits per heavy atom. The van der Waals surface area contributed by atoms with Crippen molar-refractivity contribution in [3.05, 3.63) is 60.2 Å². The normalized spacial score (nSPS) is 12.2. The molecule has 1 amide bonds. The number of benzene rings is 2. The lowest BCUT2D eigenvalue weighted by Gasteiger charge is -2.16. The highest BCUT2D eigenvalue weighted by molar-refractivity contribution is 7.99. The van der Waals surface area contributed by atoms with Crippen molar-refractivity contribution in [3.8, 4) is 0 Å². The molecule has 3 rings (SSSR count). The van der Waals surface area contributed by atoms with Crippen molar-refractivity contribution in [1.29, 1.82) is 0 Å². The minimum atomic E-state index is 0.0369. The Labute approximate surface area is 146 Å². The first kappa shape index (κ1) is 16.6. The van der Waals surface area contributed by atoms with E-state index >= 15 is 0 Å². The van der Waals surface area contributed by atoms with Crippen LogP contribution in [0.1, 0.15) is 24.8 Å². The van der Waals surface area contributed by atoms with Gasteiger partial charge in [-0.3, -0.25) is 4.79 Å². The largest absolute Gasteiger partial charge is 0.355 e. The summed E-state index contributed by atoms with van der Waals surface area (Å²) in [5, 5.41) is 3.81. The molecular formula is C19H21N3OS. The molecule has 24 heavy (non-hydrogen) atoms. The Morgan fingerprint density at radius 2 is 1.92 bits per heavy atom. The molecular weight excluding hydrogens is 318 g/mol. The third-order valence-electron chi connectivity index (χ3n) is 4.02. The number of H-pyrrole nitrogens is 1. The van der Waals surface area contributed by atoms with Crippen molar-refractivity contribution in [2.75, 3.05) is 12.3 Å². The molecule has 124 valence electrons. The van der Waals surface area contributed by atoms with Crippen LogP contribution in [0.5, 0.6) is 0 Å². The highest BCUT2D eigenvalue weighted by Gasteiger charge is 2.11. The summed E-state index contributed by atoms with van der Waals surface area (Å²) in [6.07, 6.45) is 1.00. The molecule has 0 saturated carbocycles. The fraction of sp³-hybridized carbons (Fsp3) is 0.263. The zero-order valence-corrected chi connectivity index (χ0v) is 14.5. The Kier molecular flexibility index (Phi) is 5.54. The van der Waals surface area contributed by atoms with Crippen LogP contribution in [0.3, 0.4) is 0 Å². The number of thioether (sulfide) groups is 1. The molecule has 2 aromatic carbocycles. The second kappa shape index (κ2) is 8.02. The molecule has 4 nitrogen and oxygen atoms in total. The molecule has 5 heteroatoms. The third kappa shape index (κ3) is 4.17. The second-order valence-electron chi connectivity index (χ2n) is 5.67. The third-order valence-corrected chi connectivity index (χ3v) is 4.89. The van der Waals surface area contributed by atoms with Gasteiger partial charge in [-0.15, -0.1) is 0 Å². The average molecular weight is 339 g/mol. The van der Waals surface area contributed by atoms with E-state index in [0.29, 0.717) is 18.2 Å². The monoisotopic (exact) mass is 339 g/mol. The second-order valence-corrected chi connectivity index (χ2v) is 6.63. The number of hydrogen-bond acceptors (Lipinski definition) is 3. The van der Waals surface area contributed by atoms with E-state index < -0.39 is 0 Å². The van der Waals surface area contributed by atoms with E-state index in [0.717, 1.165) is 22.6 Å². The van der Waals surface area contributed by atoms with Gasteiger partial charge >= 0.3 is 0 Å². The maximum absolute atomic E-state index is 12.1. The summed E-state index contributed by atoms with van der Waals surface area (Å²) >= 11 is 1.43. The molecule has 0 saturated heterocycles. The minimum absolute atomic E-state index is 0.0369. The fourth-order valence-corrected chi connectivity index (χ4v) is 3.36. The lowest BCUT2D eigenvalue weighted by Crippen LogP contribution is -2.29. The van der Waals surface area contributed by atoms with Gasteiger partial charge in [-0.1, -0.05) is 61.2 Å². The molecule has 1 aromatic heterocycles. The first-order valence-corrected chi connectivity index (χ1v) is 9.14. The number of para-hydroxylation sites is 2. The van der Waals surface area contributed by atoms with Gasteiger partial charge in [0.2, 0.25) is 5.91 Å². The molecule has 1 heterocycles. The number of nitrogens with one attached hydrogen (secondary N) is 2. The summed E-state index contributed by atoms with van der Waals surface area (Å²) in [6.45, 7) is 2.81. The lowest BCUT2D eigenvalue weighted by atomic mass is 9.96. The van der Waals surface area contributed by atoms with Crippen LogP contribution in [-0.2, 0) is 4.79 Å². The van der Waals surface area contributed by atoms with Crippen LogP contribution >= 0.6 is 11.8 Å². The van der Waals surface area contributed by atoms with Gasteiger partial charge in [0.1, 0.15) is 0 Å². The van der Waals surface area contributed by atoms with Gasteiger partial charge in [-0.25, -0.2) is 4.98 Å². The summed E-state index contributed by atoms with van der Waals surface area (Å²) in [6, 6.07) is 18.2. The van der Waals surface area contributed by atoms with E-state index in [1.54, 1.807) is 0 Å². The molecule has 0 aliphatic rings. The molecule has 0 spiro atoms. The van der Waals surface area contributed by atoms with Gasteiger partial charge in [-0.05, 0) is 24.1 Å². The van der Waals surface area contributed by atoms with Gasteiger partial charge in [0.15, 0.2) is 5.16 Å². The van der Waals surface area contributed by atoms with Crippen LogP contribution < -0.4 is 5.32 Å². The molecule has 0 aliphatic carbocycles. The molecule has 1 atom stereocenters. The zero-order valence-electron chi connectivity index (χ0n) is 13.7. The Morgan fingerprint density at radius 1 is 1.17 bits per heavy atom. The zero-order chi connectivity index (χ0) is 16.8. The summed E-state index contributed by atoms with van der Waals surface area (Å²) in [5.41, 5.74) is 3.19. The summed E-state index contributed by atoms with van der Waals surface area (Å²) in [5.74, 6) is 0.756. The quantitative estimate of drug-likeness (QED) is 0.641. The van der Waals surface area contributed by atoms with Crippen molar-refractivity contribution in [1.82, 2.24) is 15.3 Å². The standard InChI is InChI=1S/C19H21N3OS/c1-2-14(15-8-4-3-5-9-15)12-20-18(23)13-24-19-21-16-10-6-7-11-17(16)22-19/h3-11,14H,2,12-13H2,1H3,(H,20,23)(H,21,22). The first-order chi connectivity index (χ1) is 11.8. The van der Waals surface area contributed by atoms with Crippen LogP contribution in [0.25, 0.3) is 11.0 Å². The summed E-state index contributed by atoms with van der Waals surface area (Å²) in [7, 11) is 0. The number of carbonyl (C=O) groups is 1. The van der Waals surface area contributed by atoms with E-state index in [9.17, 15) is 4.79 Å². The molecule has 0 aliphatic heterocycles. The summed E-state index contributed by atoms with van der Waals surface area (Å²) < 4.78 is 0. The first-order valence-electron chi connectivity index (χ1n) is 8.15. The van der Waals surface area contributed by atoms with E-state index in [2.05, 4.69) is 34.3 Å². The number of aromatic nitrogens is 2. The Hall–Kier alpha value is -2.27. The van der Waals surface area contributed by atoms with Gasteiger partial charge in [-0.2, -0.15) is 0 Å². The van der Waals surface area contributed by atoms with E-state index in [1.807, 2.05) is 42.5 Å². The molecule has 1 unspecified atom stereocenters. The topological polar surface area (TPSA) is 57.8 Å². The van der Waals surface area contributed by atoms with Crippen LogP contribution in [0, 0.1) is 0 Å². The van der Waals surface area contributed by atoms with Crippen LogP contribution in [0.2, 0.25) is 0 Å². The summed E-state index contributed by atoms with van der Waals surface area (Å²) in [4.78, 5) is 19.8. The maximum Gasteiger partial charge on any atom is 0.230 e. The number of imidazole rings is 1. The minimum Gasteiger partial charge on any atom is -0.355 e. The van der Waals surface area contributed by atoms with E-state index in [-0.39, 0.29) is 5.91 Å². The number of amides is 1. The number of aromatic amines is 1. The number of nitrogens with zero attached hydrogens (tertiary/aromatic N) is 1. The highest BCUT2D eigenvalue weighted by atomic mass is 32.2. The number of fused-ring (bicyclic) bond motifs is 1. The van der Waals surface area contributed by atoms with Crippen molar-refractivity contribution in [2.45, 2.75) is 24.4 Å². The van der Waals surface area contributed by atoms with Crippen LogP contribution in [-0.4, -0.2) is 28.2 Å². The maximum atomic E-state index is 12.1. The van der Waals surface area contributed by atoms with Crippen molar-refractivity contribution < 1.29 is 4.79 Å². The molecule has 2 N–H and O–H groups in total. The fourth-order valence-electron chi connectivity index (χ4n) is 2.64. The van der Waals surface area contributed by atoms with Crippen LogP contribution in [0.4, 0.5) is 0 Å². The van der Waals surface area contributed by atoms with E-state index in [1.165, 1.54) is 17.3 Å². The molecule has 0 bridgehead atoms. The molecule has 0 fully saturated rings. The van der Waals surface area contributed by atoms with Crippen LogP contribution in [0.15, 0.2) is 59.8 Å². The molecule has 0 radical (unpaired) electrons. The van der Waals surface area contributed by atoms with Gasteiger partial charge in [0.25, 0.3) is 0 Å². The Bertz CT molecular complexity index is 767. The van der Waals surface area contributed by atoms with Crippen molar-refractivity contribution in [2.24, 2.45) is 0 Å².